The summed E-state index contributed by atoms with van der Waals surface area (Å²) >= 11 is 0. The Labute approximate surface area is 78.2 Å². The lowest BCUT2D eigenvalue weighted by Gasteiger charge is -2.36. The number of rotatable bonds is 2. The molecule has 2 aliphatic rings. The molecule has 13 heavy (non-hydrogen) atoms. The van der Waals surface area contributed by atoms with Crippen molar-refractivity contribution in [2.75, 3.05) is 26.7 Å². The molecule has 74 valence electrons. The van der Waals surface area contributed by atoms with Gasteiger partial charge in [0.15, 0.2) is 0 Å². The molecular formula is C9H16N2O2. The summed E-state index contributed by atoms with van der Waals surface area (Å²) in [7, 11) is 1.87. The third-order valence-corrected chi connectivity index (χ3v) is 2.86. The second-order valence-electron chi connectivity index (χ2n) is 3.76. The molecule has 2 rings (SSSR count). The number of likely N-dealkylation sites (N-methyl/N-ethyl adjacent to an activating group) is 1. The summed E-state index contributed by atoms with van der Waals surface area (Å²) in [5.41, 5.74) is 0. The van der Waals surface area contributed by atoms with E-state index >= 15 is 0 Å². The molecule has 0 spiro atoms. The normalized spacial score (nSPS) is 28.5. The van der Waals surface area contributed by atoms with E-state index < -0.39 is 0 Å². The van der Waals surface area contributed by atoms with Crippen LogP contribution in [0.25, 0.3) is 0 Å². The third kappa shape index (κ3) is 1.69. The van der Waals surface area contributed by atoms with Crippen molar-refractivity contribution in [1.29, 1.82) is 0 Å². The van der Waals surface area contributed by atoms with Crippen molar-refractivity contribution in [2.45, 2.75) is 25.0 Å². The van der Waals surface area contributed by atoms with Gasteiger partial charge in [0.1, 0.15) is 6.10 Å². The molecule has 2 saturated heterocycles. The van der Waals surface area contributed by atoms with Gasteiger partial charge in [-0.2, -0.15) is 0 Å². The summed E-state index contributed by atoms with van der Waals surface area (Å²) in [6.07, 6.45) is 1.75. The van der Waals surface area contributed by atoms with Crippen LogP contribution < -0.4 is 5.32 Å². The number of amides is 1. The molecule has 0 saturated carbocycles. The van der Waals surface area contributed by atoms with Crippen molar-refractivity contribution in [2.24, 2.45) is 0 Å². The van der Waals surface area contributed by atoms with Crippen LogP contribution in [0.5, 0.6) is 0 Å². The number of ether oxygens (including phenoxy) is 1. The van der Waals surface area contributed by atoms with E-state index in [-0.39, 0.29) is 12.0 Å². The van der Waals surface area contributed by atoms with Gasteiger partial charge in [-0.25, -0.2) is 0 Å². The zero-order valence-electron chi connectivity index (χ0n) is 7.95. The summed E-state index contributed by atoms with van der Waals surface area (Å²) in [6.45, 7) is 2.59. The molecule has 1 amide bonds. The molecule has 2 aliphatic heterocycles. The van der Waals surface area contributed by atoms with Crippen LogP contribution >= 0.6 is 0 Å². The van der Waals surface area contributed by atoms with Crippen molar-refractivity contribution < 1.29 is 9.53 Å². The Balaban J connectivity index is 1.87. The molecule has 2 heterocycles. The first-order valence-electron chi connectivity index (χ1n) is 4.88. The lowest BCUT2D eigenvalue weighted by Crippen LogP contribution is -2.59. The minimum atomic E-state index is -0.161. The maximum absolute atomic E-state index is 11.8. The van der Waals surface area contributed by atoms with Crippen LogP contribution in [0.4, 0.5) is 0 Å². The quantitative estimate of drug-likeness (QED) is 0.634. The van der Waals surface area contributed by atoms with Crippen LogP contribution in [0.3, 0.4) is 0 Å². The fraction of sp³-hybridized carbons (Fsp3) is 0.889. The number of carbonyl (C=O) groups excluding carboxylic acids is 1. The highest BCUT2D eigenvalue weighted by atomic mass is 16.5. The second kappa shape index (κ2) is 3.64. The Morgan fingerprint density at radius 3 is 2.77 bits per heavy atom. The van der Waals surface area contributed by atoms with Crippen molar-refractivity contribution in [1.82, 2.24) is 10.2 Å². The lowest BCUT2D eigenvalue weighted by atomic mass is 10.1. The van der Waals surface area contributed by atoms with Crippen molar-refractivity contribution in [3.63, 3.8) is 0 Å². The molecule has 4 heteroatoms. The van der Waals surface area contributed by atoms with Gasteiger partial charge in [0.05, 0.1) is 6.04 Å². The van der Waals surface area contributed by atoms with Crippen LogP contribution in [0.2, 0.25) is 0 Å². The van der Waals surface area contributed by atoms with Crippen molar-refractivity contribution in [3.8, 4) is 0 Å². The Hall–Kier alpha value is -0.610. The first-order chi connectivity index (χ1) is 6.29. The zero-order chi connectivity index (χ0) is 9.26. The summed E-state index contributed by atoms with van der Waals surface area (Å²) in [5.74, 6) is 0.156. The largest absolute Gasteiger partial charge is 0.368 e. The predicted octanol–water partition coefficient (Wildman–Crippen LogP) is -0.404. The van der Waals surface area contributed by atoms with E-state index in [4.69, 9.17) is 4.74 Å². The van der Waals surface area contributed by atoms with Gasteiger partial charge in [0, 0.05) is 26.7 Å². The van der Waals surface area contributed by atoms with Crippen LogP contribution in [-0.4, -0.2) is 49.7 Å². The fourth-order valence-corrected chi connectivity index (χ4v) is 1.73. The highest BCUT2D eigenvalue weighted by Gasteiger charge is 2.32. The van der Waals surface area contributed by atoms with Gasteiger partial charge in [-0.1, -0.05) is 0 Å². The Morgan fingerprint density at radius 1 is 1.54 bits per heavy atom. The predicted molar refractivity (Wildman–Crippen MR) is 48.4 cm³/mol. The lowest BCUT2D eigenvalue weighted by molar-refractivity contribution is -0.142. The van der Waals surface area contributed by atoms with E-state index in [9.17, 15) is 4.79 Å². The Bertz CT molecular complexity index is 198. The van der Waals surface area contributed by atoms with E-state index in [1.54, 1.807) is 0 Å². The van der Waals surface area contributed by atoms with Crippen molar-refractivity contribution in [3.05, 3.63) is 0 Å². The van der Waals surface area contributed by atoms with Gasteiger partial charge in [0.25, 0.3) is 5.91 Å². The Kier molecular flexibility index (Phi) is 2.51. The maximum atomic E-state index is 11.8. The molecule has 1 atom stereocenters. The number of nitrogens with one attached hydrogen (secondary N) is 1. The highest BCUT2D eigenvalue weighted by molar-refractivity contribution is 5.81. The summed E-state index contributed by atoms with van der Waals surface area (Å²) in [6, 6.07) is 0.386. The first-order valence-corrected chi connectivity index (χ1v) is 4.88. The van der Waals surface area contributed by atoms with Crippen LogP contribution in [0, 0.1) is 0 Å². The number of carbonyl (C=O) groups is 1. The van der Waals surface area contributed by atoms with E-state index in [2.05, 4.69) is 5.32 Å². The van der Waals surface area contributed by atoms with Crippen LogP contribution in [0.15, 0.2) is 0 Å². The number of hydrogen-bond donors (Lipinski definition) is 1. The van der Waals surface area contributed by atoms with E-state index in [0.717, 1.165) is 32.5 Å². The summed E-state index contributed by atoms with van der Waals surface area (Å²) < 4.78 is 5.34. The van der Waals surface area contributed by atoms with E-state index in [1.807, 2.05) is 11.9 Å². The topological polar surface area (TPSA) is 41.6 Å². The van der Waals surface area contributed by atoms with Crippen LogP contribution in [0.1, 0.15) is 12.8 Å². The molecule has 4 nitrogen and oxygen atoms in total. The van der Waals surface area contributed by atoms with Crippen LogP contribution in [-0.2, 0) is 9.53 Å². The molecule has 2 fully saturated rings. The Morgan fingerprint density at radius 2 is 2.31 bits per heavy atom. The molecule has 0 aliphatic carbocycles. The first kappa shape index (κ1) is 8.97. The smallest absolute Gasteiger partial charge is 0.251 e. The van der Waals surface area contributed by atoms with Gasteiger partial charge < -0.3 is 15.0 Å². The average molecular weight is 184 g/mol. The molecule has 1 unspecified atom stereocenters. The molecular weight excluding hydrogens is 168 g/mol. The minimum Gasteiger partial charge on any atom is -0.368 e. The summed E-state index contributed by atoms with van der Waals surface area (Å²) in [4.78, 5) is 13.6. The molecule has 1 N–H and O–H groups in total. The minimum absolute atomic E-state index is 0.156. The average Bonchev–Trinajstić information content (AvgIpc) is 2.51. The van der Waals surface area contributed by atoms with Gasteiger partial charge in [-0.3, -0.25) is 4.79 Å². The molecule has 0 bridgehead atoms. The molecule has 0 aromatic rings. The number of nitrogens with zero attached hydrogens (tertiary/aromatic N) is 1. The monoisotopic (exact) mass is 184 g/mol. The van der Waals surface area contributed by atoms with Crippen molar-refractivity contribution >= 4 is 5.91 Å². The van der Waals surface area contributed by atoms with Gasteiger partial charge in [-0.15, -0.1) is 0 Å². The standard InChI is InChI=1S/C9H16N2O2/c1-11(7-5-10-6-7)9(12)8-3-2-4-13-8/h7-8,10H,2-6H2,1H3. The molecule has 0 radical (unpaired) electrons. The van der Waals surface area contributed by atoms with Gasteiger partial charge in [0.2, 0.25) is 0 Å². The zero-order valence-corrected chi connectivity index (χ0v) is 7.95. The maximum Gasteiger partial charge on any atom is 0.251 e. The highest BCUT2D eigenvalue weighted by Crippen LogP contribution is 2.16. The van der Waals surface area contributed by atoms with E-state index in [0.29, 0.717) is 6.04 Å². The third-order valence-electron chi connectivity index (χ3n) is 2.86. The second-order valence-corrected chi connectivity index (χ2v) is 3.76. The fourth-order valence-electron chi connectivity index (χ4n) is 1.73. The number of hydrogen-bond acceptors (Lipinski definition) is 3. The van der Waals surface area contributed by atoms with Gasteiger partial charge in [-0.05, 0) is 12.8 Å². The summed E-state index contributed by atoms with van der Waals surface area (Å²) in [5, 5.41) is 3.15. The van der Waals surface area contributed by atoms with Gasteiger partial charge >= 0.3 is 0 Å². The molecule has 0 aromatic carbocycles. The SMILES string of the molecule is CN(C(=O)C1CCCO1)C1CNC1. The molecule has 0 aromatic heterocycles. The van der Waals surface area contributed by atoms with E-state index in [1.165, 1.54) is 0 Å².